The summed E-state index contributed by atoms with van der Waals surface area (Å²) in [7, 11) is 0. The first-order valence-corrected chi connectivity index (χ1v) is 13.3. The molecule has 2 aliphatic carbocycles. The molecule has 0 radical (unpaired) electrons. The summed E-state index contributed by atoms with van der Waals surface area (Å²) in [4.78, 5) is 0. The molecule has 3 rings (SSSR count). The van der Waals surface area contributed by atoms with E-state index in [1.807, 2.05) is 18.2 Å². The van der Waals surface area contributed by atoms with E-state index in [-0.39, 0.29) is 0 Å². The molecule has 2 saturated carbocycles. The fourth-order valence-corrected chi connectivity index (χ4v) is 6.01. The van der Waals surface area contributed by atoms with E-state index in [1.54, 1.807) is 12.1 Å². The lowest BCUT2D eigenvalue weighted by atomic mass is 9.76. The molecule has 0 aliphatic heterocycles. The lowest BCUT2D eigenvalue weighted by Gasteiger charge is -2.30. The number of alkyl halides is 3. The summed E-state index contributed by atoms with van der Waals surface area (Å²) in [5.74, 6) is 3.03. The molecule has 0 saturated heterocycles. The second-order valence-electron chi connectivity index (χ2n) is 10.5. The standard InChI is InChI=1S/C30H40F3N/c31-30(32,33)29-21-19-28(20-22-29)27-17-15-26(16-18-27)10-6-5-9-25-13-11-24(12-14-25)8-4-2-1-3-7-23-34/h1-3,7,19-22,24-27H,4-6,8-18H2/b2-1+,7-3+. The number of hydrogen-bond donors (Lipinski definition) is 0. The van der Waals surface area contributed by atoms with E-state index in [1.165, 1.54) is 88.8 Å². The molecule has 1 aromatic rings. The van der Waals surface area contributed by atoms with Crippen LogP contribution >= 0.6 is 0 Å². The lowest BCUT2D eigenvalue weighted by molar-refractivity contribution is -0.137. The van der Waals surface area contributed by atoms with Crippen molar-refractivity contribution in [1.82, 2.24) is 0 Å². The number of rotatable bonds is 10. The summed E-state index contributed by atoms with van der Waals surface area (Å²) in [6, 6.07) is 7.86. The summed E-state index contributed by atoms with van der Waals surface area (Å²) in [5, 5.41) is 8.47. The molecule has 0 heterocycles. The number of halogens is 3. The van der Waals surface area contributed by atoms with Gasteiger partial charge in [-0.1, -0.05) is 81.7 Å². The van der Waals surface area contributed by atoms with Gasteiger partial charge in [0.15, 0.2) is 0 Å². The van der Waals surface area contributed by atoms with Crippen LogP contribution in [-0.4, -0.2) is 0 Å². The van der Waals surface area contributed by atoms with Gasteiger partial charge in [0, 0.05) is 6.08 Å². The van der Waals surface area contributed by atoms with Gasteiger partial charge in [-0.3, -0.25) is 0 Å². The van der Waals surface area contributed by atoms with Crippen LogP contribution < -0.4 is 0 Å². The van der Waals surface area contributed by atoms with Gasteiger partial charge < -0.3 is 0 Å². The van der Waals surface area contributed by atoms with E-state index in [9.17, 15) is 13.2 Å². The van der Waals surface area contributed by atoms with Crippen LogP contribution in [0.25, 0.3) is 0 Å². The van der Waals surface area contributed by atoms with Crippen molar-refractivity contribution in [2.75, 3.05) is 0 Å². The molecule has 0 N–H and O–H groups in total. The summed E-state index contributed by atoms with van der Waals surface area (Å²) in [5.41, 5.74) is 0.533. The predicted molar refractivity (Wildman–Crippen MR) is 133 cm³/mol. The van der Waals surface area contributed by atoms with Crippen molar-refractivity contribution in [3.63, 3.8) is 0 Å². The normalized spacial score (nSPS) is 26.2. The summed E-state index contributed by atoms with van der Waals surface area (Å²) >= 11 is 0. The highest BCUT2D eigenvalue weighted by atomic mass is 19.4. The Morgan fingerprint density at radius 1 is 0.765 bits per heavy atom. The zero-order valence-electron chi connectivity index (χ0n) is 20.4. The smallest absolute Gasteiger partial charge is 0.193 e. The van der Waals surface area contributed by atoms with Gasteiger partial charge in [0.1, 0.15) is 0 Å². The van der Waals surface area contributed by atoms with Crippen LogP contribution in [-0.2, 0) is 6.18 Å². The van der Waals surface area contributed by atoms with Crippen molar-refractivity contribution in [3.05, 3.63) is 59.7 Å². The van der Waals surface area contributed by atoms with Gasteiger partial charge in [-0.2, -0.15) is 18.4 Å². The fraction of sp³-hybridized carbons (Fsp3) is 0.633. The average molecular weight is 472 g/mol. The highest BCUT2D eigenvalue weighted by Crippen LogP contribution is 2.39. The minimum atomic E-state index is -4.25. The number of nitriles is 1. The molecule has 186 valence electrons. The minimum absolute atomic E-state index is 0.429. The Morgan fingerprint density at radius 3 is 1.82 bits per heavy atom. The monoisotopic (exact) mass is 471 g/mol. The zero-order valence-corrected chi connectivity index (χ0v) is 20.4. The van der Waals surface area contributed by atoms with Gasteiger partial charge in [-0.05, 0) is 79.9 Å². The molecule has 34 heavy (non-hydrogen) atoms. The highest BCUT2D eigenvalue weighted by molar-refractivity contribution is 5.27. The number of benzene rings is 1. The van der Waals surface area contributed by atoms with E-state index >= 15 is 0 Å². The summed E-state index contributed by atoms with van der Waals surface area (Å²) in [6.45, 7) is 0. The Hall–Kier alpha value is -2.02. The number of allylic oxidation sites excluding steroid dienone is 4. The maximum atomic E-state index is 12.8. The summed E-state index contributed by atoms with van der Waals surface area (Å²) in [6.07, 6.45) is 21.2. The van der Waals surface area contributed by atoms with Gasteiger partial charge in [0.05, 0.1) is 11.6 Å². The van der Waals surface area contributed by atoms with Gasteiger partial charge >= 0.3 is 6.18 Å². The van der Waals surface area contributed by atoms with E-state index < -0.39 is 11.7 Å². The molecule has 0 unspecified atom stereocenters. The molecule has 0 bridgehead atoms. The van der Waals surface area contributed by atoms with Gasteiger partial charge in [-0.25, -0.2) is 0 Å². The zero-order chi connectivity index (χ0) is 24.2. The molecule has 0 aromatic heterocycles. The molecule has 2 aliphatic rings. The Morgan fingerprint density at radius 2 is 1.29 bits per heavy atom. The lowest BCUT2D eigenvalue weighted by Crippen LogP contribution is -2.15. The number of unbranched alkanes of at least 4 members (excludes halogenated alkanes) is 1. The van der Waals surface area contributed by atoms with Gasteiger partial charge in [0.25, 0.3) is 0 Å². The highest BCUT2D eigenvalue weighted by Gasteiger charge is 2.30. The van der Waals surface area contributed by atoms with Crippen molar-refractivity contribution in [1.29, 1.82) is 5.26 Å². The largest absolute Gasteiger partial charge is 0.416 e. The molecular weight excluding hydrogens is 431 g/mol. The van der Waals surface area contributed by atoms with E-state index in [4.69, 9.17) is 5.26 Å². The second-order valence-corrected chi connectivity index (χ2v) is 10.5. The molecule has 2 fully saturated rings. The second kappa shape index (κ2) is 13.8. The van der Waals surface area contributed by atoms with Crippen LogP contribution in [0.2, 0.25) is 0 Å². The van der Waals surface area contributed by atoms with Crippen LogP contribution in [0.4, 0.5) is 13.2 Å². The van der Waals surface area contributed by atoms with Crippen molar-refractivity contribution in [3.8, 4) is 6.07 Å². The molecular formula is C30H40F3N. The number of hydrogen-bond acceptors (Lipinski definition) is 1. The van der Waals surface area contributed by atoms with Crippen molar-refractivity contribution < 1.29 is 13.2 Å². The van der Waals surface area contributed by atoms with E-state index in [0.29, 0.717) is 5.92 Å². The Bertz CT molecular complexity index is 799. The molecule has 1 aromatic carbocycles. The van der Waals surface area contributed by atoms with Crippen LogP contribution in [0.3, 0.4) is 0 Å². The first-order chi connectivity index (χ1) is 16.5. The number of nitrogens with zero attached hydrogens (tertiary/aromatic N) is 1. The van der Waals surface area contributed by atoms with Crippen LogP contribution in [0.5, 0.6) is 0 Å². The van der Waals surface area contributed by atoms with Gasteiger partial charge in [-0.15, -0.1) is 0 Å². The third-order valence-corrected chi connectivity index (χ3v) is 8.16. The third-order valence-electron chi connectivity index (χ3n) is 8.16. The van der Waals surface area contributed by atoms with Crippen LogP contribution in [0.15, 0.2) is 48.6 Å². The van der Waals surface area contributed by atoms with Crippen LogP contribution in [0.1, 0.15) is 107 Å². The first-order valence-electron chi connectivity index (χ1n) is 13.3. The SMILES string of the molecule is N#C/C=C/C=C/CCC1CCC(CCCCC2CCC(c3ccc(C(F)(F)F)cc3)CC2)CC1. The fourth-order valence-electron chi connectivity index (χ4n) is 6.01. The maximum absolute atomic E-state index is 12.8. The molecule has 0 spiro atoms. The molecule has 4 heteroatoms. The quantitative estimate of drug-likeness (QED) is 0.189. The van der Waals surface area contributed by atoms with Crippen molar-refractivity contribution in [2.24, 2.45) is 17.8 Å². The minimum Gasteiger partial charge on any atom is -0.193 e. The van der Waals surface area contributed by atoms with Crippen molar-refractivity contribution >= 4 is 0 Å². The maximum Gasteiger partial charge on any atom is 0.416 e. The molecule has 0 atom stereocenters. The average Bonchev–Trinajstić information content (AvgIpc) is 2.85. The van der Waals surface area contributed by atoms with Crippen molar-refractivity contribution in [2.45, 2.75) is 102 Å². The Labute approximate surface area is 204 Å². The first kappa shape index (κ1) is 26.6. The summed E-state index contributed by atoms with van der Waals surface area (Å²) < 4.78 is 38.3. The third kappa shape index (κ3) is 8.97. The predicted octanol–water partition coefficient (Wildman–Crippen LogP) is 9.76. The van der Waals surface area contributed by atoms with E-state index in [2.05, 4.69) is 6.08 Å². The van der Waals surface area contributed by atoms with E-state index in [0.717, 1.165) is 42.6 Å². The Balaban J connectivity index is 1.23. The molecule has 1 nitrogen and oxygen atoms in total. The Kier molecular flexibility index (Phi) is 10.8. The molecule has 0 amide bonds. The van der Waals surface area contributed by atoms with Crippen LogP contribution in [0, 0.1) is 29.1 Å². The van der Waals surface area contributed by atoms with Gasteiger partial charge in [0.2, 0.25) is 0 Å². The topological polar surface area (TPSA) is 23.8 Å².